The molecule has 30 heavy (non-hydrogen) atoms. The van der Waals surface area contributed by atoms with Crippen LogP contribution in [0.1, 0.15) is 12.6 Å². The quantitative estimate of drug-likeness (QED) is 0.784. The van der Waals surface area contributed by atoms with Gasteiger partial charge in [0, 0.05) is 30.8 Å². The number of alkyl halides is 3. The molecule has 1 aliphatic rings. The molecule has 1 aliphatic heterocycles. The number of nitrogens with zero attached hydrogens (tertiary/aromatic N) is 3. The SMILES string of the molecule is CCOCC(=O)N1Cc2cccn2CC(Oc2ccccn2)C1.O=C(O)C(F)(F)F. The molecule has 164 valence electrons. The summed E-state index contributed by atoms with van der Waals surface area (Å²) in [6.45, 7) is 4.30. The average molecular weight is 429 g/mol. The first kappa shape index (κ1) is 23.2. The number of carbonyl (C=O) groups is 2. The number of ether oxygens (including phenoxy) is 2. The van der Waals surface area contributed by atoms with Gasteiger partial charge < -0.3 is 24.0 Å². The molecule has 0 saturated heterocycles. The number of aromatic nitrogens is 2. The number of fused-ring (bicyclic) bond motifs is 1. The first-order chi connectivity index (χ1) is 14.2. The van der Waals surface area contributed by atoms with Crippen LogP contribution in [0.15, 0.2) is 42.7 Å². The minimum atomic E-state index is -5.08. The molecule has 2 aromatic heterocycles. The molecule has 3 heterocycles. The molecule has 0 radical (unpaired) electrons. The maximum atomic E-state index is 12.4. The van der Waals surface area contributed by atoms with Crippen molar-refractivity contribution in [3.63, 3.8) is 0 Å². The number of halogens is 3. The van der Waals surface area contributed by atoms with Gasteiger partial charge in [-0.05, 0) is 25.1 Å². The molecule has 1 amide bonds. The summed E-state index contributed by atoms with van der Waals surface area (Å²) < 4.78 is 45.1. The maximum absolute atomic E-state index is 12.4. The summed E-state index contributed by atoms with van der Waals surface area (Å²) in [7, 11) is 0. The van der Waals surface area contributed by atoms with Crippen LogP contribution in [-0.2, 0) is 27.4 Å². The van der Waals surface area contributed by atoms with Crippen LogP contribution in [0, 0.1) is 0 Å². The highest BCUT2D eigenvalue weighted by Crippen LogP contribution is 2.17. The number of aliphatic carboxylic acids is 1. The standard InChI is InChI=1S/C17H21N3O3.C2HF3O2/c1-2-22-13-17(21)20-10-14-6-5-9-19(14)11-15(12-20)23-16-7-3-4-8-18-16;3-2(4,5)1(6)7/h3-9,15H,2,10-13H2,1H3;(H,6,7). The zero-order valence-electron chi connectivity index (χ0n) is 16.2. The normalized spacial score (nSPS) is 16.0. The highest BCUT2D eigenvalue weighted by molar-refractivity contribution is 5.77. The van der Waals surface area contributed by atoms with Crippen molar-refractivity contribution in [3.05, 3.63) is 48.4 Å². The lowest BCUT2D eigenvalue weighted by atomic mass is 10.3. The smallest absolute Gasteiger partial charge is 0.475 e. The van der Waals surface area contributed by atoms with Crippen LogP contribution in [0.2, 0.25) is 0 Å². The van der Waals surface area contributed by atoms with E-state index in [2.05, 4.69) is 9.55 Å². The van der Waals surface area contributed by atoms with Crippen molar-refractivity contribution in [1.29, 1.82) is 0 Å². The summed E-state index contributed by atoms with van der Waals surface area (Å²) >= 11 is 0. The van der Waals surface area contributed by atoms with Gasteiger partial charge in [0.1, 0.15) is 12.7 Å². The van der Waals surface area contributed by atoms with Crippen LogP contribution in [0.5, 0.6) is 5.88 Å². The summed E-state index contributed by atoms with van der Waals surface area (Å²) in [6.07, 6.45) is -1.52. The number of amides is 1. The van der Waals surface area contributed by atoms with E-state index in [4.69, 9.17) is 19.4 Å². The lowest BCUT2D eigenvalue weighted by Crippen LogP contribution is -2.40. The summed E-state index contributed by atoms with van der Waals surface area (Å²) in [4.78, 5) is 27.3. The molecule has 1 unspecified atom stereocenters. The molecule has 11 heteroatoms. The van der Waals surface area contributed by atoms with Crippen LogP contribution < -0.4 is 4.74 Å². The van der Waals surface area contributed by atoms with Crippen molar-refractivity contribution >= 4 is 11.9 Å². The molecule has 0 aliphatic carbocycles. The number of carboxylic acids is 1. The van der Waals surface area contributed by atoms with Crippen LogP contribution in [-0.4, -0.2) is 63.5 Å². The number of hydrogen-bond donors (Lipinski definition) is 1. The van der Waals surface area contributed by atoms with E-state index in [-0.39, 0.29) is 18.6 Å². The van der Waals surface area contributed by atoms with E-state index >= 15 is 0 Å². The Hall–Kier alpha value is -3.08. The molecule has 0 spiro atoms. The number of hydrogen-bond acceptors (Lipinski definition) is 5. The second-order valence-corrected chi connectivity index (χ2v) is 6.27. The Morgan fingerprint density at radius 2 is 1.97 bits per heavy atom. The molecule has 8 nitrogen and oxygen atoms in total. The average Bonchev–Trinajstić information content (AvgIpc) is 3.05. The second kappa shape index (κ2) is 10.6. The van der Waals surface area contributed by atoms with Crippen molar-refractivity contribution in [2.45, 2.75) is 32.3 Å². The lowest BCUT2D eigenvalue weighted by molar-refractivity contribution is -0.192. The zero-order valence-corrected chi connectivity index (χ0v) is 16.2. The first-order valence-electron chi connectivity index (χ1n) is 9.08. The Kier molecular flexibility index (Phi) is 8.22. The number of pyridine rings is 1. The van der Waals surface area contributed by atoms with Crippen molar-refractivity contribution < 1.29 is 37.3 Å². The van der Waals surface area contributed by atoms with E-state index < -0.39 is 12.1 Å². The van der Waals surface area contributed by atoms with Gasteiger partial charge in [-0.2, -0.15) is 13.2 Å². The summed E-state index contributed by atoms with van der Waals surface area (Å²) in [5, 5.41) is 7.12. The highest BCUT2D eigenvalue weighted by Gasteiger charge is 2.38. The Labute approximate surface area is 170 Å². The molecule has 0 bridgehead atoms. The van der Waals surface area contributed by atoms with Gasteiger partial charge in [0.2, 0.25) is 11.8 Å². The summed E-state index contributed by atoms with van der Waals surface area (Å²) in [5.41, 5.74) is 1.10. The van der Waals surface area contributed by atoms with Crippen LogP contribution in [0.4, 0.5) is 13.2 Å². The van der Waals surface area contributed by atoms with Crippen molar-refractivity contribution in [1.82, 2.24) is 14.5 Å². The van der Waals surface area contributed by atoms with Gasteiger partial charge >= 0.3 is 12.1 Å². The van der Waals surface area contributed by atoms with E-state index in [1.807, 2.05) is 43.5 Å². The number of carboxylic acid groups (broad SMARTS) is 1. The number of rotatable bonds is 5. The molecule has 2 aromatic rings. The summed E-state index contributed by atoms with van der Waals surface area (Å²) in [5.74, 6) is -2.20. The maximum Gasteiger partial charge on any atom is 0.490 e. The van der Waals surface area contributed by atoms with E-state index in [0.29, 0.717) is 32.1 Å². The first-order valence-corrected chi connectivity index (χ1v) is 9.08. The van der Waals surface area contributed by atoms with E-state index in [1.165, 1.54) is 0 Å². The fourth-order valence-corrected chi connectivity index (χ4v) is 2.69. The molecule has 0 saturated carbocycles. The van der Waals surface area contributed by atoms with Gasteiger partial charge in [-0.3, -0.25) is 4.79 Å². The third-order valence-corrected chi connectivity index (χ3v) is 4.05. The molecular weight excluding hydrogens is 407 g/mol. The topological polar surface area (TPSA) is 93.9 Å². The van der Waals surface area contributed by atoms with Gasteiger partial charge in [-0.25, -0.2) is 9.78 Å². The Bertz CT molecular complexity index is 826. The third-order valence-electron chi connectivity index (χ3n) is 4.05. The van der Waals surface area contributed by atoms with Crippen LogP contribution in [0.25, 0.3) is 0 Å². The van der Waals surface area contributed by atoms with Crippen LogP contribution >= 0.6 is 0 Å². The molecular formula is C19H22F3N3O5. The fourth-order valence-electron chi connectivity index (χ4n) is 2.69. The molecule has 3 rings (SSSR count). The van der Waals surface area contributed by atoms with E-state index in [1.54, 1.807) is 11.1 Å². The van der Waals surface area contributed by atoms with Gasteiger partial charge in [0.25, 0.3) is 0 Å². The monoisotopic (exact) mass is 429 g/mol. The lowest BCUT2D eigenvalue weighted by Gasteiger charge is -2.24. The van der Waals surface area contributed by atoms with Crippen molar-refractivity contribution in [3.8, 4) is 5.88 Å². The third kappa shape index (κ3) is 7.07. The molecule has 1 atom stereocenters. The molecule has 0 fully saturated rings. The Morgan fingerprint density at radius 1 is 1.23 bits per heavy atom. The van der Waals surface area contributed by atoms with Crippen molar-refractivity contribution in [2.75, 3.05) is 19.8 Å². The highest BCUT2D eigenvalue weighted by atomic mass is 19.4. The minimum Gasteiger partial charge on any atom is -0.475 e. The number of carbonyl (C=O) groups excluding carboxylic acids is 1. The Balaban J connectivity index is 0.000000396. The molecule has 0 aromatic carbocycles. The predicted octanol–water partition coefficient (Wildman–Crippen LogP) is 2.34. The molecule has 1 N–H and O–H groups in total. The van der Waals surface area contributed by atoms with Gasteiger partial charge in [-0.15, -0.1) is 0 Å². The Morgan fingerprint density at radius 3 is 2.57 bits per heavy atom. The predicted molar refractivity (Wildman–Crippen MR) is 98.7 cm³/mol. The fraction of sp³-hybridized carbons (Fsp3) is 0.421. The second-order valence-electron chi connectivity index (χ2n) is 6.27. The van der Waals surface area contributed by atoms with Crippen LogP contribution in [0.3, 0.4) is 0 Å². The van der Waals surface area contributed by atoms with Gasteiger partial charge in [0.15, 0.2) is 0 Å². The van der Waals surface area contributed by atoms with E-state index in [9.17, 15) is 18.0 Å². The van der Waals surface area contributed by atoms with Gasteiger partial charge in [-0.1, -0.05) is 6.07 Å². The zero-order chi connectivity index (χ0) is 22.1. The van der Waals surface area contributed by atoms with Gasteiger partial charge in [0.05, 0.1) is 19.6 Å². The minimum absolute atomic E-state index is 0.0175. The van der Waals surface area contributed by atoms with Crippen molar-refractivity contribution in [2.24, 2.45) is 0 Å². The summed E-state index contributed by atoms with van der Waals surface area (Å²) in [6, 6.07) is 9.58. The van der Waals surface area contributed by atoms with E-state index in [0.717, 1.165) is 5.69 Å². The largest absolute Gasteiger partial charge is 0.490 e.